The van der Waals surface area contributed by atoms with Gasteiger partial charge in [0.25, 0.3) is 0 Å². The summed E-state index contributed by atoms with van der Waals surface area (Å²) in [7, 11) is 0. The third kappa shape index (κ3) is 4.45. The Morgan fingerprint density at radius 2 is 2.00 bits per heavy atom. The summed E-state index contributed by atoms with van der Waals surface area (Å²) in [6.07, 6.45) is 4.60. The molecule has 146 valence electrons. The molecule has 27 heavy (non-hydrogen) atoms. The molecule has 1 atom stereocenters. The molecule has 5 heteroatoms. The van der Waals surface area contributed by atoms with Crippen LogP contribution < -0.4 is 10.2 Å². The summed E-state index contributed by atoms with van der Waals surface area (Å²) in [4.78, 5) is 11.8. The first-order valence-corrected chi connectivity index (χ1v) is 10.9. The normalized spacial score (nSPS) is 14.6. The molecule has 2 heterocycles. The number of nitrogens with zero attached hydrogens (tertiary/aromatic N) is 3. The molecule has 1 aromatic heterocycles. The lowest BCUT2D eigenvalue weighted by Crippen LogP contribution is -2.18. The van der Waals surface area contributed by atoms with Crippen LogP contribution in [-0.4, -0.2) is 22.6 Å². The van der Waals surface area contributed by atoms with Crippen LogP contribution in [0.2, 0.25) is 0 Å². The van der Waals surface area contributed by atoms with E-state index in [-0.39, 0.29) is 0 Å². The second-order valence-electron chi connectivity index (χ2n) is 7.88. The number of halogens is 1. The van der Waals surface area contributed by atoms with Crippen molar-refractivity contribution in [1.29, 1.82) is 0 Å². The monoisotopic (exact) mass is 430 g/mol. The molecule has 0 aliphatic carbocycles. The molecule has 4 nitrogen and oxygen atoms in total. The second kappa shape index (κ2) is 8.59. The van der Waals surface area contributed by atoms with Crippen molar-refractivity contribution in [2.75, 3.05) is 16.8 Å². The summed E-state index contributed by atoms with van der Waals surface area (Å²) in [5.74, 6) is 3.40. The molecule has 0 fully saturated rings. The molecule has 2 aromatic rings. The zero-order valence-corrected chi connectivity index (χ0v) is 18.7. The topological polar surface area (TPSA) is 41.1 Å². The molecule has 0 saturated heterocycles. The third-order valence-corrected chi connectivity index (χ3v) is 5.88. The summed E-state index contributed by atoms with van der Waals surface area (Å²) in [6, 6.07) is 7.10. The Hall–Kier alpha value is -1.62. The van der Waals surface area contributed by atoms with Crippen molar-refractivity contribution < 1.29 is 0 Å². The van der Waals surface area contributed by atoms with Gasteiger partial charge in [-0.15, -0.1) is 0 Å². The quantitative estimate of drug-likeness (QED) is 0.554. The van der Waals surface area contributed by atoms with Crippen molar-refractivity contribution in [3.05, 3.63) is 39.6 Å². The van der Waals surface area contributed by atoms with Gasteiger partial charge in [0.1, 0.15) is 17.5 Å². The van der Waals surface area contributed by atoms with E-state index < -0.39 is 0 Å². The highest BCUT2D eigenvalue weighted by atomic mass is 79.9. The fraction of sp³-hybridized carbons (Fsp3) is 0.545. The van der Waals surface area contributed by atoms with E-state index in [9.17, 15) is 0 Å². The van der Waals surface area contributed by atoms with Gasteiger partial charge in [-0.1, -0.05) is 39.7 Å². The zero-order valence-electron chi connectivity index (χ0n) is 17.1. The van der Waals surface area contributed by atoms with Crippen LogP contribution in [0, 0.1) is 6.92 Å². The standard InChI is InChI=1S/C22H31BrN4/c1-6-7-8-15(4)24-21-18-11-12-27(22(18)26-16(5)25-21)20-10-9-17(14(2)3)13-19(20)23/h9-10,13-15H,6-8,11-12H2,1-5H3,(H,24,25,26). The van der Waals surface area contributed by atoms with Crippen molar-refractivity contribution in [3.63, 3.8) is 0 Å². The van der Waals surface area contributed by atoms with Crippen molar-refractivity contribution in [2.45, 2.75) is 72.3 Å². The van der Waals surface area contributed by atoms with Gasteiger partial charge in [-0.3, -0.25) is 0 Å². The van der Waals surface area contributed by atoms with Crippen molar-refractivity contribution in [2.24, 2.45) is 0 Å². The Morgan fingerprint density at radius 1 is 1.22 bits per heavy atom. The van der Waals surface area contributed by atoms with Gasteiger partial charge in [-0.05, 0) is 66.2 Å². The van der Waals surface area contributed by atoms with E-state index in [1.54, 1.807) is 0 Å². The Balaban J connectivity index is 1.91. The molecule has 1 aliphatic rings. The first-order chi connectivity index (χ1) is 12.9. The molecule has 0 radical (unpaired) electrons. The highest BCUT2D eigenvalue weighted by molar-refractivity contribution is 9.10. The number of fused-ring (bicyclic) bond motifs is 1. The van der Waals surface area contributed by atoms with E-state index >= 15 is 0 Å². The van der Waals surface area contributed by atoms with Crippen LogP contribution in [0.25, 0.3) is 0 Å². The Bertz CT molecular complexity index is 803. The first-order valence-electron chi connectivity index (χ1n) is 10.1. The fourth-order valence-corrected chi connectivity index (χ4v) is 4.25. The number of hydrogen-bond donors (Lipinski definition) is 1. The largest absolute Gasteiger partial charge is 0.367 e. The van der Waals surface area contributed by atoms with E-state index in [2.05, 4.69) is 72.0 Å². The average molecular weight is 431 g/mol. The van der Waals surface area contributed by atoms with Crippen LogP contribution in [0.15, 0.2) is 22.7 Å². The molecule has 3 rings (SSSR count). The minimum absolute atomic E-state index is 0.425. The molecule has 1 aliphatic heterocycles. The maximum Gasteiger partial charge on any atom is 0.142 e. The lowest BCUT2D eigenvalue weighted by molar-refractivity contribution is 0.642. The van der Waals surface area contributed by atoms with E-state index in [4.69, 9.17) is 9.97 Å². The van der Waals surface area contributed by atoms with Gasteiger partial charge >= 0.3 is 0 Å². The molecule has 1 unspecified atom stereocenters. The summed E-state index contributed by atoms with van der Waals surface area (Å²) in [5, 5.41) is 3.64. The Labute approximate surface area is 171 Å². The minimum Gasteiger partial charge on any atom is -0.367 e. The summed E-state index contributed by atoms with van der Waals surface area (Å²) in [5.41, 5.74) is 3.76. The van der Waals surface area contributed by atoms with Gasteiger partial charge in [0.15, 0.2) is 0 Å². The lowest BCUT2D eigenvalue weighted by Gasteiger charge is -2.22. The number of rotatable bonds is 7. The van der Waals surface area contributed by atoms with Crippen molar-refractivity contribution in [1.82, 2.24) is 9.97 Å². The van der Waals surface area contributed by atoms with Gasteiger partial charge in [-0.2, -0.15) is 0 Å². The average Bonchev–Trinajstić information content (AvgIpc) is 3.03. The number of hydrogen-bond acceptors (Lipinski definition) is 4. The highest BCUT2D eigenvalue weighted by Gasteiger charge is 2.28. The fourth-order valence-electron chi connectivity index (χ4n) is 3.63. The summed E-state index contributed by atoms with van der Waals surface area (Å²) < 4.78 is 1.13. The number of unbranched alkanes of at least 4 members (excludes halogenated alkanes) is 1. The Kier molecular flexibility index (Phi) is 6.40. The van der Waals surface area contributed by atoms with Gasteiger partial charge in [0.2, 0.25) is 0 Å². The van der Waals surface area contributed by atoms with Crippen LogP contribution in [-0.2, 0) is 6.42 Å². The molecular formula is C22H31BrN4. The van der Waals surface area contributed by atoms with Crippen molar-refractivity contribution >= 4 is 33.3 Å². The zero-order chi connectivity index (χ0) is 19.6. The summed E-state index contributed by atoms with van der Waals surface area (Å²) >= 11 is 3.78. The minimum atomic E-state index is 0.425. The summed E-state index contributed by atoms with van der Waals surface area (Å²) in [6.45, 7) is 11.8. The van der Waals surface area contributed by atoms with E-state index in [0.717, 1.165) is 34.9 Å². The van der Waals surface area contributed by atoms with Gasteiger partial charge in [0, 0.05) is 22.6 Å². The Morgan fingerprint density at radius 3 is 2.67 bits per heavy atom. The van der Waals surface area contributed by atoms with Crippen LogP contribution in [0.4, 0.5) is 17.3 Å². The second-order valence-corrected chi connectivity index (χ2v) is 8.73. The van der Waals surface area contributed by atoms with E-state index in [1.165, 1.54) is 36.1 Å². The highest BCUT2D eigenvalue weighted by Crippen LogP contribution is 2.40. The van der Waals surface area contributed by atoms with Gasteiger partial charge in [0.05, 0.1) is 5.69 Å². The van der Waals surface area contributed by atoms with Gasteiger partial charge < -0.3 is 10.2 Å². The number of benzene rings is 1. The number of aromatic nitrogens is 2. The lowest BCUT2D eigenvalue weighted by atomic mass is 10.0. The van der Waals surface area contributed by atoms with Crippen molar-refractivity contribution in [3.8, 4) is 0 Å². The predicted octanol–water partition coefficient (Wildman–Crippen LogP) is 6.36. The van der Waals surface area contributed by atoms with Crippen LogP contribution in [0.1, 0.15) is 69.8 Å². The number of nitrogens with one attached hydrogen (secondary N) is 1. The number of anilines is 3. The molecular weight excluding hydrogens is 400 g/mol. The van der Waals surface area contributed by atoms with E-state index in [1.807, 2.05) is 6.92 Å². The maximum atomic E-state index is 4.79. The third-order valence-electron chi connectivity index (χ3n) is 5.24. The molecule has 0 bridgehead atoms. The molecule has 1 N–H and O–H groups in total. The first kappa shape index (κ1) is 20.1. The number of aryl methyl sites for hydroxylation is 1. The molecule has 0 spiro atoms. The van der Waals surface area contributed by atoms with E-state index in [0.29, 0.717) is 12.0 Å². The maximum absolute atomic E-state index is 4.79. The van der Waals surface area contributed by atoms with Crippen LogP contribution >= 0.6 is 15.9 Å². The van der Waals surface area contributed by atoms with Crippen LogP contribution in [0.3, 0.4) is 0 Å². The predicted molar refractivity (Wildman–Crippen MR) is 118 cm³/mol. The molecule has 0 saturated carbocycles. The van der Waals surface area contributed by atoms with Crippen LogP contribution in [0.5, 0.6) is 0 Å². The SMILES string of the molecule is CCCCC(C)Nc1nc(C)nc2c1CCN2c1ccc(C(C)C)cc1Br. The van der Waals surface area contributed by atoms with Gasteiger partial charge in [-0.25, -0.2) is 9.97 Å². The smallest absolute Gasteiger partial charge is 0.142 e. The molecule has 1 aromatic carbocycles. The molecule has 0 amide bonds.